The number of benzene rings is 1. The van der Waals surface area contributed by atoms with E-state index in [2.05, 4.69) is 15.5 Å². The molecule has 1 fully saturated rings. The summed E-state index contributed by atoms with van der Waals surface area (Å²) < 4.78 is 5.16. The maximum absolute atomic E-state index is 13.0. The van der Waals surface area contributed by atoms with E-state index in [0.717, 1.165) is 36.5 Å². The number of aryl methyl sites for hydroxylation is 1. The average molecular weight is 360 g/mol. The molecule has 2 aromatic rings. The Bertz CT molecular complexity index is 717. The Hall–Kier alpha value is -1.86. The van der Waals surface area contributed by atoms with Gasteiger partial charge < -0.3 is 14.7 Å². The molecule has 0 spiro atoms. The Morgan fingerprint density at radius 1 is 1.44 bits per heavy atom. The van der Waals surface area contributed by atoms with Crippen molar-refractivity contribution in [3.05, 3.63) is 41.5 Å². The van der Waals surface area contributed by atoms with Crippen molar-refractivity contribution in [2.24, 2.45) is 5.92 Å². The Labute approximate surface area is 152 Å². The normalized spacial score (nSPS) is 17.7. The lowest BCUT2D eigenvalue weighted by atomic mass is 9.97. The number of carbonyl (C=O) groups is 1. The van der Waals surface area contributed by atoms with Gasteiger partial charge in [0.25, 0.3) is 5.91 Å². The molecule has 134 valence electrons. The summed E-state index contributed by atoms with van der Waals surface area (Å²) in [6, 6.07) is 7.77. The van der Waals surface area contributed by atoms with Crippen molar-refractivity contribution in [2.45, 2.75) is 30.4 Å². The van der Waals surface area contributed by atoms with Crippen LogP contribution in [-0.4, -0.2) is 47.6 Å². The highest BCUT2D eigenvalue weighted by atomic mass is 32.2. The number of carbonyl (C=O) groups excluding carboxylic acids is 1. The van der Waals surface area contributed by atoms with Crippen molar-refractivity contribution in [3.8, 4) is 0 Å². The molecule has 0 saturated carbocycles. The number of thioether (sulfide) groups is 1. The van der Waals surface area contributed by atoms with Gasteiger partial charge in [-0.1, -0.05) is 17.3 Å². The fourth-order valence-electron chi connectivity index (χ4n) is 3.18. The molecule has 0 aliphatic carbocycles. The molecule has 25 heavy (non-hydrogen) atoms. The lowest BCUT2D eigenvalue weighted by molar-refractivity contribution is 0.0670. The number of likely N-dealkylation sites (tertiary alicyclic amines) is 1. The number of amides is 1. The van der Waals surface area contributed by atoms with E-state index in [1.54, 1.807) is 18.7 Å². The number of aromatic nitrogens is 2. The Balaban J connectivity index is 1.69. The number of piperidine rings is 1. The molecule has 1 aromatic heterocycles. The van der Waals surface area contributed by atoms with Crippen LogP contribution in [0.1, 0.15) is 34.9 Å². The molecule has 1 amide bonds. The smallest absolute Gasteiger partial charge is 0.254 e. The maximum atomic E-state index is 13.0. The van der Waals surface area contributed by atoms with Crippen LogP contribution in [0.3, 0.4) is 0 Å². The third kappa shape index (κ3) is 4.61. The van der Waals surface area contributed by atoms with E-state index in [-0.39, 0.29) is 5.91 Å². The second kappa shape index (κ2) is 8.49. The van der Waals surface area contributed by atoms with Crippen LogP contribution >= 0.6 is 11.8 Å². The molecular weight excluding hydrogens is 336 g/mol. The predicted molar refractivity (Wildman–Crippen MR) is 97.6 cm³/mol. The first-order valence-electron chi connectivity index (χ1n) is 8.62. The number of hydrogen-bond acceptors (Lipinski definition) is 6. The SMILES string of the molecule is CNCC1CCCN(C(=O)c2ccccc2SCc2nc(C)no2)C1. The van der Waals surface area contributed by atoms with Gasteiger partial charge >= 0.3 is 0 Å². The quantitative estimate of drug-likeness (QED) is 0.799. The third-order valence-electron chi connectivity index (χ3n) is 4.34. The molecule has 1 N–H and O–H groups in total. The molecule has 6 nitrogen and oxygen atoms in total. The maximum Gasteiger partial charge on any atom is 0.254 e. The average Bonchev–Trinajstić information content (AvgIpc) is 3.05. The minimum absolute atomic E-state index is 0.116. The number of hydrogen-bond donors (Lipinski definition) is 1. The van der Waals surface area contributed by atoms with Gasteiger partial charge in [0, 0.05) is 18.0 Å². The zero-order valence-electron chi connectivity index (χ0n) is 14.7. The van der Waals surface area contributed by atoms with Crippen molar-refractivity contribution in [1.29, 1.82) is 0 Å². The van der Waals surface area contributed by atoms with Gasteiger partial charge in [0.2, 0.25) is 5.89 Å². The minimum atomic E-state index is 0.116. The molecule has 1 unspecified atom stereocenters. The highest BCUT2D eigenvalue weighted by Crippen LogP contribution is 2.28. The summed E-state index contributed by atoms with van der Waals surface area (Å²) >= 11 is 1.56. The summed E-state index contributed by atoms with van der Waals surface area (Å²) in [5.41, 5.74) is 0.758. The van der Waals surface area contributed by atoms with Gasteiger partial charge in [-0.15, -0.1) is 11.8 Å². The van der Waals surface area contributed by atoms with Crippen molar-refractivity contribution >= 4 is 17.7 Å². The number of rotatable bonds is 6. The molecule has 2 heterocycles. The van der Waals surface area contributed by atoms with Crippen LogP contribution in [-0.2, 0) is 5.75 Å². The van der Waals surface area contributed by atoms with Crippen molar-refractivity contribution in [1.82, 2.24) is 20.4 Å². The van der Waals surface area contributed by atoms with E-state index >= 15 is 0 Å². The molecular formula is C18H24N4O2S. The summed E-state index contributed by atoms with van der Waals surface area (Å²) in [6.45, 7) is 4.41. The third-order valence-corrected chi connectivity index (χ3v) is 5.40. The highest BCUT2D eigenvalue weighted by Gasteiger charge is 2.25. The Kier molecular flexibility index (Phi) is 6.09. The summed E-state index contributed by atoms with van der Waals surface area (Å²) in [7, 11) is 1.96. The number of nitrogens with zero attached hydrogens (tertiary/aromatic N) is 3. The zero-order chi connectivity index (χ0) is 17.6. The highest BCUT2D eigenvalue weighted by molar-refractivity contribution is 7.98. The van der Waals surface area contributed by atoms with E-state index < -0.39 is 0 Å². The molecule has 0 radical (unpaired) electrons. The van der Waals surface area contributed by atoms with E-state index in [1.807, 2.05) is 36.2 Å². The second-order valence-corrected chi connectivity index (χ2v) is 7.35. The van der Waals surface area contributed by atoms with E-state index in [1.165, 1.54) is 6.42 Å². The van der Waals surface area contributed by atoms with Gasteiger partial charge in [-0.3, -0.25) is 4.79 Å². The molecule has 3 rings (SSSR count). The van der Waals surface area contributed by atoms with Crippen LogP contribution in [0.2, 0.25) is 0 Å². The van der Waals surface area contributed by atoms with Gasteiger partial charge in [0.05, 0.1) is 11.3 Å². The van der Waals surface area contributed by atoms with Crippen LogP contribution in [0, 0.1) is 12.8 Å². The molecule has 0 bridgehead atoms. The van der Waals surface area contributed by atoms with E-state index in [0.29, 0.717) is 23.4 Å². The monoisotopic (exact) mass is 360 g/mol. The second-order valence-electron chi connectivity index (χ2n) is 6.34. The predicted octanol–water partition coefficient (Wildman–Crippen LogP) is 2.74. The lowest BCUT2D eigenvalue weighted by Crippen LogP contribution is -2.42. The van der Waals surface area contributed by atoms with Crippen molar-refractivity contribution in [3.63, 3.8) is 0 Å². The van der Waals surface area contributed by atoms with Crippen LogP contribution in [0.25, 0.3) is 0 Å². The molecule has 1 atom stereocenters. The topological polar surface area (TPSA) is 71.3 Å². The van der Waals surface area contributed by atoms with Gasteiger partial charge in [0.1, 0.15) is 0 Å². The standard InChI is InChI=1S/C18H24N4O2S/c1-13-20-17(24-21-13)12-25-16-8-4-3-7-15(16)18(23)22-9-5-6-14(11-22)10-19-2/h3-4,7-8,14,19H,5-6,9-12H2,1-2H3. The van der Waals surface area contributed by atoms with Gasteiger partial charge in [0.15, 0.2) is 5.82 Å². The summed E-state index contributed by atoms with van der Waals surface area (Å²) in [5, 5.41) is 7.03. The van der Waals surface area contributed by atoms with Crippen LogP contribution in [0.4, 0.5) is 0 Å². The summed E-state index contributed by atoms with van der Waals surface area (Å²) in [4.78, 5) is 20.2. The lowest BCUT2D eigenvalue weighted by Gasteiger charge is -2.33. The van der Waals surface area contributed by atoms with Crippen molar-refractivity contribution < 1.29 is 9.32 Å². The summed E-state index contributed by atoms with van der Waals surface area (Å²) in [5.74, 6) is 2.42. The first kappa shape index (κ1) is 17.9. The molecule has 1 saturated heterocycles. The fourth-order valence-corrected chi connectivity index (χ4v) is 4.06. The van der Waals surface area contributed by atoms with Gasteiger partial charge in [-0.25, -0.2) is 0 Å². The fraction of sp³-hybridized carbons (Fsp3) is 0.500. The Morgan fingerprint density at radius 2 is 2.28 bits per heavy atom. The largest absolute Gasteiger partial charge is 0.338 e. The van der Waals surface area contributed by atoms with Gasteiger partial charge in [-0.2, -0.15) is 4.98 Å². The van der Waals surface area contributed by atoms with Crippen LogP contribution in [0.5, 0.6) is 0 Å². The van der Waals surface area contributed by atoms with E-state index in [9.17, 15) is 4.79 Å². The van der Waals surface area contributed by atoms with Crippen LogP contribution < -0.4 is 5.32 Å². The molecule has 7 heteroatoms. The van der Waals surface area contributed by atoms with Crippen LogP contribution in [0.15, 0.2) is 33.7 Å². The molecule has 1 aromatic carbocycles. The first-order chi connectivity index (χ1) is 12.2. The zero-order valence-corrected chi connectivity index (χ0v) is 15.5. The first-order valence-corrected chi connectivity index (χ1v) is 9.61. The Morgan fingerprint density at radius 3 is 3.04 bits per heavy atom. The molecule has 1 aliphatic heterocycles. The van der Waals surface area contributed by atoms with Crippen molar-refractivity contribution in [2.75, 3.05) is 26.7 Å². The van der Waals surface area contributed by atoms with E-state index in [4.69, 9.17) is 4.52 Å². The molecule has 1 aliphatic rings. The minimum Gasteiger partial charge on any atom is -0.338 e. The number of nitrogens with one attached hydrogen (secondary N) is 1. The summed E-state index contributed by atoms with van der Waals surface area (Å²) in [6.07, 6.45) is 2.24. The van der Waals surface area contributed by atoms with Gasteiger partial charge in [-0.05, 0) is 51.4 Å².